The highest BCUT2D eigenvalue weighted by Gasteiger charge is 2.30. The first-order valence-electron chi connectivity index (χ1n) is 11.6. The van der Waals surface area contributed by atoms with Crippen LogP contribution in [0.1, 0.15) is 65.0 Å². The van der Waals surface area contributed by atoms with Crippen LogP contribution in [0, 0.1) is 11.8 Å². The maximum Gasteiger partial charge on any atom is 0.408 e. The van der Waals surface area contributed by atoms with Gasteiger partial charge in [-0.1, -0.05) is 38.1 Å². The summed E-state index contributed by atoms with van der Waals surface area (Å²) in [5.41, 5.74) is 5.92. The molecule has 0 spiro atoms. The van der Waals surface area contributed by atoms with E-state index in [1.54, 1.807) is 45.0 Å². The number of nitrogens with one attached hydrogen (secondary N) is 2. The fourth-order valence-corrected chi connectivity index (χ4v) is 3.47. The van der Waals surface area contributed by atoms with Crippen molar-refractivity contribution in [1.29, 1.82) is 0 Å². The minimum Gasteiger partial charge on any atom is -0.444 e. The summed E-state index contributed by atoms with van der Waals surface area (Å²) in [5.74, 6) is -1.14. The summed E-state index contributed by atoms with van der Waals surface area (Å²) < 4.78 is 5.28. The smallest absolute Gasteiger partial charge is 0.408 e. The predicted octanol–water partition coefficient (Wildman–Crippen LogP) is 2.86. The molecule has 9 nitrogen and oxygen atoms in total. The average molecular weight is 478 g/mol. The molecule has 0 unspecified atom stereocenters. The van der Waals surface area contributed by atoms with Crippen molar-refractivity contribution in [1.82, 2.24) is 10.6 Å². The van der Waals surface area contributed by atoms with Gasteiger partial charge >= 0.3 is 12.1 Å². The van der Waals surface area contributed by atoms with Gasteiger partial charge < -0.3 is 26.2 Å². The zero-order chi connectivity index (χ0) is 25.9. The largest absolute Gasteiger partial charge is 0.444 e. The second-order valence-corrected chi connectivity index (χ2v) is 9.79. The van der Waals surface area contributed by atoms with Gasteiger partial charge in [-0.3, -0.25) is 9.59 Å². The third kappa shape index (κ3) is 11.3. The molecule has 190 valence electrons. The van der Waals surface area contributed by atoms with Gasteiger partial charge in [0.1, 0.15) is 11.4 Å². The number of rotatable bonds is 13. The van der Waals surface area contributed by atoms with Gasteiger partial charge in [0.2, 0.25) is 0 Å². The molecule has 0 saturated carbocycles. The second kappa shape index (κ2) is 13.7. The Morgan fingerprint density at radius 1 is 1.03 bits per heavy atom. The number of urea groups is 1. The van der Waals surface area contributed by atoms with E-state index in [0.29, 0.717) is 19.4 Å². The number of primary amides is 1. The standard InChI is InChI=1S/C25H39N3O6/c1-16(2)22(28-24(33)34-25(3,4)5)21(31)14-19(7-6-12-27-23(26)32)20(30)13-17-8-10-18(15-29)11-9-17/h8-11,16,19,22,29H,6-7,12-15H2,1-5H3,(H,28,33)(H3,26,27,32)/t19-,22+/m1/s1. The maximum atomic E-state index is 13.1. The number of Topliss-reactive ketones (excluding diaryl/α,β-unsaturated/α-hetero) is 2. The Morgan fingerprint density at radius 3 is 2.12 bits per heavy atom. The molecule has 1 aromatic rings. The first-order chi connectivity index (χ1) is 15.8. The zero-order valence-electron chi connectivity index (χ0n) is 20.8. The number of ketones is 2. The van der Waals surface area contributed by atoms with E-state index in [1.807, 2.05) is 13.8 Å². The molecule has 0 aliphatic rings. The normalized spacial score (nSPS) is 13.1. The van der Waals surface area contributed by atoms with Crippen LogP contribution in [0.15, 0.2) is 24.3 Å². The summed E-state index contributed by atoms with van der Waals surface area (Å²) in [6, 6.07) is 5.61. The molecule has 34 heavy (non-hydrogen) atoms. The topological polar surface area (TPSA) is 148 Å². The summed E-state index contributed by atoms with van der Waals surface area (Å²) in [6.07, 6.45) is 0.275. The summed E-state index contributed by atoms with van der Waals surface area (Å²) in [7, 11) is 0. The van der Waals surface area contributed by atoms with E-state index in [4.69, 9.17) is 10.5 Å². The zero-order valence-corrected chi connectivity index (χ0v) is 20.8. The molecule has 1 aromatic carbocycles. The molecule has 2 atom stereocenters. The Labute approximate surface area is 201 Å². The number of aliphatic hydroxyl groups is 1. The molecule has 0 fully saturated rings. The minimum atomic E-state index is -0.794. The highest BCUT2D eigenvalue weighted by molar-refractivity contribution is 5.93. The molecular weight excluding hydrogens is 438 g/mol. The number of carbonyl (C=O) groups is 4. The molecule has 0 aromatic heterocycles. The van der Waals surface area contributed by atoms with Crippen molar-refractivity contribution in [2.45, 2.75) is 78.6 Å². The molecule has 5 N–H and O–H groups in total. The lowest BCUT2D eigenvalue weighted by Gasteiger charge is -2.26. The van der Waals surface area contributed by atoms with Crippen LogP contribution in [-0.2, 0) is 27.4 Å². The van der Waals surface area contributed by atoms with E-state index in [0.717, 1.165) is 11.1 Å². The van der Waals surface area contributed by atoms with Gasteiger partial charge in [-0.2, -0.15) is 0 Å². The van der Waals surface area contributed by atoms with E-state index in [-0.39, 0.29) is 36.9 Å². The van der Waals surface area contributed by atoms with Gasteiger partial charge in [-0.05, 0) is 50.7 Å². The summed E-state index contributed by atoms with van der Waals surface area (Å²) >= 11 is 0. The van der Waals surface area contributed by atoms with Crippen molar-refractivity contribution in [3.8, 4) is 0 Å². The van der Waals surface area contributed by atoms with Gasteiger partial charge in [-0.15, -0.1) is 0 Å². The Balaban J connectivity index is 2.92. The maximum absolute atomic E-state index is 13.1. The number of hydrogen-bond acceptors (Lipinski definition) is 6. The molecular formula is C25H39N3O6. The number of hydrogen-bond donors (Lipinski definition) is 4. The van der Waals surface area contributed by atoms with E-state index in [1.165, 1.54) is 0 Å². The summed E-state index contributed by atoms with van der Waals surface area (Å²) in [4.78, 5) is 49.4. The molecule has 0 aliphatic heterocycles. The molecule has 0 heterocycles. The SMILES string of the molecule is CC(C)[C@H](NC(=O)OC(C)(C)C)C(=O)C[C@@H](CCCNC(N)=O)C(=O)Cc1ccc(CO)cc1. The van der Waals surface area contributed by atoms with Crippen molar-refractivity contribution < 1.29 is 29.0 Å². The van der Waals surface area contributed by atoms with Crippen LogP contribution in [0.4, 0.5) is 9.59 Å². The van der Waals surface area contributed by atoms with Crippen molar-refractivity contribution in [2.75, 3.05) is 6.54 Å². The molecule has 0 bridgehead atoms. The van der Waals surface area contributed by atoms with Gasteiger partial charge in [0, 0.05) is 25.3 Å². The fraction of sp³-hybridized carbons (Fsp3) is 0.600. The Kier molecular flexibility index (Phi) is 11.7. The summed E-state index contributed by atoms with van der Waals surface area (Å²) in [5, 5.41) is 14.3. The van der Waals surface area contributed by atoms with Crippen LogP contribution < -0.4 is 16.4 Å². The quantitative estimate of drug-likeness (QED) is 0.321. The van der Waals surface area contributed by atoms with E-state index < -0.39 is 29.7 Å². The fourth-order valence-electron chi connectivity index (χ4n) is 3.47. The van der Waals surface area contributed by atoms with E-state index in [9.17, 15) is 24.3 Å². The van der Waals surface area contributed by atoms with E-state index in [2.05, 4.69) is 10.6 Å². The van der Waals surface area contributed by atoms with E-state index >= 15 is 0 Å². The Hall–Kier alpha value is -2.94. The van der Waals surface area contributed by atoms with Crippen LogP contribution in [0.25, 0.3) is 0 Å². The molecule has 0 radical (unpaired) electrons. The number of amides is 3. The third-order valence-electron chi connectivity index (χ3n) is 5.20. The van der Waals surface area contributed by atoms with Crippen molar-refractivity contribution in [2.24, 2.45) is 17.6 Å². The van der Waals surface area contributed by atoms with Gasteiger partial charge in [0.05, 0.1) is 12.6 Å². The van der Waals surface area contributed by atoms with Gasteiger partial charge in [-0.25, -0.2) is 9.59 Å². The lowest BCUT2D eigenvalue weighted by molar-refractivity contribution is -0.129. The van der Waals surface area contributed by atoms with Crippen molar-refractivity contribution in [3.63, 3.8) is 0 Å². The van der Waals surface area contributed by atoms with Gasteiger partial charge in [0.25, 0.3) is 0 Å². The molecule has 0 aliphatic carbocycles. The molecule has 9 heteroatoms. The predicted molar refractivity (Wildman–Crippen MR) is 129 cm³/mol. The minimum absolute atomic E-state index is 0.0389. The molecule has 3 amide bonds. The second-order valence-electron chi connectivity index (χ2n) is 9.79. The first kappa shape index (κ1) is 29.1. The van der Waals surface area contributed by atoms with Crippen LogP contribution in [0.2, 0.25) is 0 Å². The van der Waals surface area contributed by atoms with Gasteiger partial charge in [0.15, 0.2) is 5.78 Å². The van der Waals surface area contributed by atoms with Crippen LogP contribution in [-0.4, -0.2) is 47.0 Å². The molecule has 1 rings (SSSR count). The highest BCUT2D eigenvalue weighted by atomic mass is 16.6. The number of benzene rings is 1. The van der Waals surface area contributed by atoms with Crippen molar-refractivity contribution >= 4 is 23.7 Å². The number of aliphatic hydroxyl groups excluding tert-OH is 1. The first-order valence-corrected chi connectivity index (χ1v) is 11.6. The number of alkyl carbamates (subject to hydrolysis) is 1. The monoisotopic (exact) mass is 477 g/mol. The third-order valence-corrected chi connectivity index (χ3v) is 5.20. The number of nitrogens with two attached hydrogens (primary N) is 1. The van der Waals surface area contributed by atoms with Crippen LogP contribution in [0.3, 0.4) is 0 Å². The Bertz CT molecular complexity index is 830. The number of ether oxygens (including phenoxy) is 1. The lowest BCUT2D eigenvalue weighted by atomic mass is 9.85. The Morgan fingerprint density at radius 2 is 1.62 bits per heavy atom. The average Bonchev–Trinajstić information content (AvgIpc) is 2.72. The lowest BCUT2D eigenvalue weighted by Crippen LogP contribution is -2.47. The molecule has 0 saturated heterocycles. The highest BCUT2D eigenvalue weighted by Crippen LogP contribution is 2.20. The number of carbonyl (C=O) groups excluding carboxylic acids is 4. The van der Waals surface area contributed by atoms with Crippen LogP contribution in [0.5, 0.6) is 0 Å². The van der Waals surface area contributed by atoms with Crippen molar-refractivity contribution in [3.05, 3.63) is 35.4 Å². The van der Waals surface area contributed by atoms with Crippen LogP contribution >= 0.6 is 0 Å². The summed E-state index contributed by atoms with van der Waals surface area (Å²) in [6.45, 7) is 9.05.